The van der Waals surface area contributed by atoms with Gasteiger partial charge in [0.05, 0.1) is 28.6 Å². The molecular weight excluding hydrogens is 490 g/mol. The van der Waals surface area contributed by atoms with E-state index in [1.165, 1.54) is 6.92 Å². The fourth-order valence-electron chi connectivity index (χ4n) is 4.58. The highest BCUT2D eigenvalue weighted by molar-refractivity contribution is 5.97. The van der Waals surface area contributed by atoms with Gasteiger partial charge in [-0.1, -0.05) is 30.2 Å². The van der Waals surface area contributed by atoms with Gasteiger partial charge in [-0.25, -0.2) is 4.79 Å². The first kappa shape index (κ1) is 26.2. The lowest BCUT2D eigenvalue weighted by atomic mass is 9.75. The first-order valence-electron chi connectivity index (χ1n) is 11.8. The summed E-state index contributed by atoms with van der Waals surface area (Å²) < 4.78 is 21.9. The molecule has 0 saturated carbocycles. The lowest BCUT2D eigenvalue weighted by molar-refractivity contribution is -0.148. The molecule has 2 atom stereocenters. The third-order valence-electron chi connectivity index (χ3n) is 6.08. The monoisotopic (exact) mass is 515 g/mol. The molecule has 1 aromatic heterocycles. The minimum absolute atomic E-state index is 0.0533. The zero-order valence-electron chi connectivity index (χ0n) is 21.0. The van der Waals surface area contributed by atoms with Crippen molar-refractivity contribution >= 4 is 39.8 Å². The topological polar surface area (TPSA) is 121 Å². The van der Waals surface area contributed by atoms with Gasteiger partial charge in [-0.2, -0.15) is 0 Å². The third-order valence-corrected chi connectivity index (χ3v) is 6.08. The molecule has 1 aliphatic rings. The molecule has 0 aliphatic carbocycles. The maximum absolute atomic E-state index is 13.4. The molecule has 4 rings (SSSR count). The molecule has 3 aromatic rings. The highest BCUT2D eigenvalue weighted by Crippen LogP contribution is 2.44. The summed E-state index contributed by atoms with van der Waals surface area (Å²) in [5, 5.41) is 3.63. The van der Waals surface area contributed by atoms with Crippen LogP contribution in [0.25, 0.3) is 21.9 Å². The number of benzene rings is 2. The van der Waals surface area contributed by atoms with E-state index in [1.807, 2.05) is 0 Å². The lowest BCUT2D eigenvalue weighted by Crippen LogP contribution is -2.40. The molecule has 1 N–H and O–H groups in total. The summed E-state index contributed by atoms with van der Waals surface area (Å²) in [5.74, 6) is -2.05. The zero-order chi connectivity index (χ0) is 27.4. The number of ether oxygens (including phenoxy) is 3. The van der Waals surface area contributed by atoms with Gasteiger partial charge in [0.1, 0.15) is 23.3 Å². The van der Waals surface area contributed by atoms with Gasteiger partial charge < -0.3 is 23.9 Å². The van der Waals surface area contributed by atoms with Crippen molar-refractivity contribution in [1.29, 1.82) is 0 Å². The first-order chi connectivity index (χ1) is 18.3. The number of hydrogen-bond donors (Lipinski definition) is 1. The average Bonchev–Trinajstić information content (AvgIpc) is 2.90. The molecule has 9 heteroatoms. The van der Waals surface area contributed by atoms with Crippen LogP contribution in [0.15, 0.2) is 74.9 Å². The minimum Gasteiger partial charge on any atom is -0.465 e. The Morgan fingerprint density at radius 2 is 1.84 bits per heavy atom. The lowest BCUT2D eigenvalue weighted by Gasteiger charge is -2.35. The first-order valence-corrected chi connectivity index (χ1v) is 11.8. The number of carbonyl (C=O) groups is 3. The Kier molecular flexibility index (Phi) is 7.63. The predicted octanol–water partition coefficient (Wildman–Crippen LogP) is 3.67. The molecule has 0 fully saturated rings. The molecule has 194 valence electrons. The van der Waals surface area contributed by atoms with Gasteiger partial charge in [-0.15, -0.1) is 6.42 Å². The SMILES string of the molecule is C#CCOC(=O)C1=C(C)N/C(=C/OC(C)=O)C(C(=O)OCC)C1c1cccc2c(=O)c3ccccc3oc12. The quantitative estimate of drug-likeness (QED) is 0.172. The van der Waals surface area contributed by atoms with E-state index in [0.717, 1.165) is 6.26 Å². The van der Waals surface area contributed by atoms with Gasteiger partial charge in [0.25, 0.3) is 0 Å². The van der Waals surface area contributed by atoms with Gasteiger partial charge >= 0.3 is 17.9 Å². The van der Waals surface area contributed by atoms with Crippen LogP contribution in [0.2, 0.25) is 0 Å². The minimum atomic E-state index is -1.19. The van der Waals surface area contributed by atoms with E-state index in [4.69, 9.17) is 25.1 Å². The number of allylic oxidation sites excluding steroid dienone is 1. The Balaban J connectivity index is 2.06. The molecule has 0 spiro atoms. The third kappa shape index (κ3) is 4.89. The van der Waals surface area contributed by atoms with Crippen LogP contribution in [-0.2, 0) is 28.6 Å². The maximum atomic E-state index is 13.4. The second-order valence-corrected chi connectivity index (χ2v) is 8.49. The number of esters is 3. The largest absolute Gasteiger partial charge is 0.465 e. The zero-order valence-corrected chi connectivity index (χ0v) is 21.0. The number of rotatable bonds is 6. The van der Waals surface area contributed by atoms with Crippen molar-refractivity contribution in [2.24, 2.45) is 5.92 Å². The molecule has 1 aliphatic heterocycles. The van der Waals surface area contributed by atoms with Crippen molar-refractivity contribution in [2.45, 2.75) is 26.7 Å². The van der Waals surface area contributed by atoms with Crippen molar-refractivity contribution in [3.63, 3.8) is 0 Å². The smallest absolute Gasteiger partial charge is 0.337 e. The van der Waals surface area contributed by atoms with Gasteiger partial charge in [0, 0.05) is 24.1 Å². The molecule has 0 radical (unpaired) electrons. The van der Waals surface area contributed by atoms with Crippen LogP contribution in [0.3, 0.4) is 0 Å². The van der Waals surface area contributed by atoms with Crippen LogP contribution in [0.4, 0.5) is 0 Å². The Labute approximate surface area is 218 Å². The van der Waals surface area contributed by atoms with Crippen molar-refractivity contribution in [2.75, 3.05) is 13.2 Å². The number of terminal acetylenes is 1. The number of fused-ring (bicyclic) bond motifs is 2. The fraction of sp³-hybridized carbons (Fsp3) is 0.241. The molecule has 9 nitrogen and oxygen atoms in total. The Morgan fingerprint density at radius 1 is 1.11 bits per heavy atom. The van der Waals surface area contributed by atoms with E-state index in [1.54, 1.807) is 56.3 Å². The maximum Gasteiger partial charge on any atom is 0.337 e. The molecule has 2 unspecified atom stereocenters. The second kappa shape index (κ2) is 11.0. The van der Waals surface area contributed by atoms with Crippen LogP contribution in [0.1, 0.15) is 32.3 Å². The van der Waals surface area contributed by atoms with Crippen LogP contribution >= 0.6 is 0 Å². The van der Waals surface area contributed by atoms with E-state index in [-0.39, 0.29) is 40.9 Å². The van der Waals surface area contributed by atoms with Gasteiger partial charge in [-0.3, -0.25) is 14.4 Å². The highest BCUT2D eigenvalue weighted by Gasteiger charge is 2.45. The summed E-state index contributed by atoms with van der Waals surface area (Å²) in [5.41, 5.74) is 1.22. The normalized spacial score (nSPS) is 18.1. The highest BCUT2D eigenvalue weighted by atomic mass is 16.5. The summed E-state index contributed by atoms with van der Waals surface area (Å²) in [6.45, 7) is 4.23. The summed E-state index contributed by atoms with van der Waals surface area (Å²) in [4.78, 5) is 51.6. The van der Waals surface area contributed by atoms with E-state index in [0.29, 0.717) is 22.2 Å². The molecule has 2 heterocycles. The Morgan fingerprint density at radius 3 is 2.55 bits per heavy atom. The van der Waals surface area contributed by atoms with E-state index in [2.05, 4.69) is 11.2 Å². The van der Waals surface area contributed by atoms with Crippen LogP contribution < -0.4 is 10.7 Å². The summed E-state index contributed by atoms with van der Waals surface area (Å²) >= 11 is 0. The average molecular weight is 516 g/mol. The molecule has 0 amide bonds. The Hall–Kier alpha value is -4.84. The summed E-state index contributed by atoms with van der Waals surface area (Å²) in [7, 11) is 0. The summed E-state index contributed by atoms with van der Waals surface area (Å²) in [6, 6.07) is 11.7. The molecule has 2 aromatic carbocycles. The number of para-hydroxylation sites is 2. The standard InChI is InChI=1S/C29H25NO8/c1-5-14-36-28(33)23-16(3)30-21(15-37-17(4)31)25(29(34)35-6-2)24(23)19-11-9-12-20-26(32)18-10-7-8-13-22(18)38-27(19)20/h1,7-13,15,24-25,30H,6,14H2,2-4H3/b21-15+. The van der Waals surface area contributed by atoms with Crippen LogP contribution in [0, 0.1) is 18.3 Å². The van der Waals surface area contributed by atoms with Crippen LogP contribution in [-0.4, -0.2) is 31.1 Å². The summed E-state index contributed by atoms with van der Waals surface area (Å²) in [6.07, 6.45) is 6.41. The van der Waals surface area contributed by atoms with Crippen molar-refractivity contribution in [3.8, 4) is 12.3 Å². The molecular formula is C29H25NO8. The predicted molar refractivity (Wildman–Crippen MR) is 138 cm³/mol. The number of nitrogens with one attached hydrogen (secondary N) is 1. The van der Waals surface area contributed by atoms with E-state index in [9.17, 15) is 19.2 Å². The van der Waals surface area contributed by atoms with Gasteiger partial charge in [0.2, 0.25) is 5.43 Å². The number of hydrogen-bond acceptors (Lipinski definition) is 9. The van der Waals surface area contributed by atoms with Crippen molar-refractivity contribution < 1.29 is 33.0 Å². The molecule has 0 saturated heterocycles. The molecule has 38 heavy (non-hydrogen) atoms. The van der Waals surface area contributed by atoms with Gasteiger partial charge in [0.15, 0.2) is 6.61 Å². The fourth-order valence-corrected chi connectivity index (χ4v) is 4.58. The van der Waals surface area contributed by atoms with Crippen molar-refractivity contribution in [3.05, 3.63) is 81.5 Å². The number of carbonyl (C=O) groups excluding carboxylic acids is 3. The van der Waals surface area contributed by atoms with Gasteiger partial charge in [-0.05, 0) is 32.0 Å². The second-order valence-electron chi connectivity index (χ2n) is 8.49. The van der Waals surface area contributed by atoms with Crippen molar-refractivity contribution in [1.82, 2.24) is 5.32 Å². The van der Waals surface area contributed by atoms with Crippen LogP contribution in [0.5, 0.6) is 0 Å². The molecule has 0 bridgehead atoms. The van der Waals surface area contributed by atoms with E-state index >= 15 is 0 Å². The Bertz CT molecular complexity index is 1600. The van der Waals surface area contributed by atoms with E-state index < -0.39 is 29.7 Å².